The summed E-state index contributed by atoms with van der Waals surface area (Å²) >= 11 is 0. The van der Waals surface area contributed by atoms with Crippen LogP contribution in [0.15, 0.2) is 24.3 Å². The number of aromatic nitrogens is 1. The van der Waals surface area contributed by atoms with Crippen molar-refractivity contribution in [2.45, 2.75) is 40.0 Å². The van der Waals surface area contributed by atoms with Crippen LogP contribution in [0.3, 0.4) is 0 Å². The van der Waals surface area contributed by atoms with Gasteiger partial charge >= 0.3 is 5.97 Å². The maximum atomic E-state index is 12.5. The van der Waals surface area contributed by atoms with Crippen molar-refractivity contribution >= 4 is 17.7 Å². The van der Waals surface area contributed by atoms with E-state index in [1.165, 1.54) is 6.92 Å². The third-order valence-electron chi connectivity index (χ3n) is 4.27. The molecule has 138 valence electrons. The Labute approximate surface area is 152 Å². The minimum Gasteiger partial charge on any atom is -0.478 e. The van der Waals surface area contributed by atoms with E-state index < -0.39 is 5.97 Å². The van der Waals surface area contributed by atoms with Gasteiger partial charge in [-0.1, -0.05) is 25.5 Å². The number of hydrogen-bond donors (Lipinski definition) is 3. The molecule has 0 atom stereocenters. The number of nitrogens with one attached hydrogen (secondary N) is 2. The Balaban J connectivity index is 2.04. The highest BCUT2D eigenvalue weighted by atomic mass is 16.4. The van der Waals surface area contributed by atoms with Gasteiger partial charge in [0.2, 0.25) is 0 Å². The Morgan fingerprint density at radius 3 is 2.31 bits per heavy atom. The minimum absolute atomic E-state index is 0.0419. The third-order valence-corrected chi connectivity index (χ3v) is 4.27. The molecular formula is C20H24N2O4. The lowest BCUT2D eigenvalue weighted by Crippen LogP contribution is -2.27. The second-order valence-electron chi connectivity index (χ2n) is 6.29. The average molecular weight is 356 g/mol. The Kier molecular flexibility index (Phi) is 6.33. The summed E-state index contributed by atoms with van der Waals surface area (Å²) in [6.45, 7) is 5.74. The molecule has 0 fully saturated rings. The molecule has 1 aromatic carbocycles. The van der Waals surface area contributed by atoms with E-state index in [0.717, 1.165) is 23.2 Å². The van der Waals surface area contributed by atoms with E-state index in [1.807, 2.05) is 6.92 Å². The molecule has 0 aliphatic carbocycles. The first-order valence-electron chi connectivity index (χ1n) is 8.68. The van der Waals surface area contributed by atoms with Crippen LogP contribution in [0.2, 0.25) is 0 Å². The number of rotatable bonds is 8. The van der Waals surface area contributed by atoms with Gasteiger partial charge in [0.05, 0.1) is 5.56 Å². The van der Waals surface area contributed by atoms with Crippen molar-refractivity contribution < 1.29 is 19.5 Å². The zero-order valence-corrected chi connectivity index (χ0v) is 15.3. The van der Waals surface area contributed by atoms with Gasteiger partial charge in [-0.05, 0) is 49.9 Å². The molecule has 26 heavy (non-hydrogen) atoms. The van der Waals surface area contributed by atoms with Crippen LogP contribution in [0.4, 0.5) is 0 Å². The number of benzene rings is 1. The fourth-order valence-corrected chi connectivity index (χ4v) is 3.07. The molecule has 0 radical (unpaired) electrons. The van der Waals surface area contributed by atoms with Crippen LogP contribution in [0.1, 0.15) is 68.3 Å². The summed E-state index contributed by atoms with van der Waals surface area (Å²) in [4.78, 5) is 38.3. The van der Waals surface area contributed by atoms with E-state index >= 15 is 0 Å². The Hall–Kier alpha value is -2.89. The molecule has 2 rings (SSSR count). The van der Waals surface area contributed by atoms with Gasteiger partial charge in [0.1, 0.15) is 5.69 Å². The Morgan fingerprint density at radius 2 is 1.77 bits per heavy atom. The van der Waals surface area contributed by atoms with Crippen LogP contribution in [-0.2, 0) is 12.8 Å². The van der Waals surface area contributed by atoms with Gasteiger partial charge < -0.3 is 15.4 Å². The molecule has 0 spiro atoms. The van der Waals surface area contributed by atoms with Crippen LogP contribution in [-0.4, -0.2) is 34.3 Å². The predicted octanol–water partition coefficient (Wildman–Crippen LogP) is 3.15. The number of hydrogen-bond acceptors (Lipinski definition) is 3. The number of Topliss-reactive ketones (excluding diaryl/α,β-unsaturated/α-hetero) is 1. The topological polar surface area (TPSA) is 99.3 Å². The van der Waals surface area contributed by atoms with Gasteiger partial charge in [0, 0.05) is 17.8 Å². The molecule has 6 nitrogen and oxygen atoms in total. The fraction of sp³-hybridized carbons (Fsp3) is 0.350. The highest BCUT2D eigenvalue weighted by Crippen LogP contribution is 2.21. The van der Waals surface area contributed by atoms with Gasteiger partial charge in [-0.2, -0.15) is 0 Å². The molecule has 3 N–H and O–H groups in total. The summed E-state index contributed by atoms with van der Waals surface area (Å²) in [6, 6.07) is 6.58. The van der Waals surface area contributed by atoms with E-state index in [0.29, 0.717) is 30.6 Å². The molecule has 0 aliphatic heterocycles. The van der Waals surface area contributed by atoms with Crippen LogP contribution in [0.25, 0.3) is 0 Å². The second-order valence-corrected chi connectivity index (χ2v) is 6.29. The van der Waals surface area contributed by atoms with E-state index in [1.54, 1.807) is 31.2 Å². The highest BCUT2D eigenvalue weighted by molar-refractivity contribution is 6.02. The van der Waals surface area contributed by atoms with Gasteiger partial charge in [-0.15, -0.1) is 0 Å². The molecule has 0 unspecified atom stereocenters. The summed E-state index contributed by atoms with van der Waals surface area (Å²) in [5.74, 6) is -1.23. The van der Waals surface area contributed by atoms with Gasteiger partial charge in [-0.3, -0.25) is 9.59 Å². The van der Waals surface area contributed by atoms with Crippen LogP contribution >= 0.6 is 0 Å². The van der Waals surface area contributed by atoms with Crippen molar-refractivity contribution in [2.75, 3.05) is 6.54 Å². The number of carbonyl (C=O) groups is 3. The van der Waals surface area contributed by atoms with Gasteiger partial charge in [0.15, 0.2) is 5.78 Å². The molecular weight excluding hydrogens is 332 g/mol. The molecule has 6 heteroatoms. The zero-order chi connectivity index (χ0) is 19.3. The van der Waals surface area contributed by atoms with Gasteiger partial charge in [0.25, 0.3) is 5.91 Å². The van der Waals surface area contributed by atoms with Crippen LogP contribution in [0, 0.1) is 6.92 Å². The number of aromatic carboxylic acids is 1. The summed E-state index contributed by atoms with van der Waals surface area (Å²) in [6.07, 6.45) is 2.10. The fourth-order valence-electron chi connectivity index (χ4n) is 3.07. The van der Waals surface area contributed by atoms with E-state index in [9.17, 15) is 14.4 Å². The number of H-pyrrole nitrogens is 1. The Bertz CT molecular complexity index is 819. The first kappa shape index (κ1) is 19.4. The minimum atomic E-state index is -0.961. The standard InChI is InChI=1S/C20H24N2O4/c1-4-5-16-17(13(3)23)12(2)22-18(16)19(24)21-11-10-14-6-8-15(9-7-14)20(25)26/h6-9,22H,4-5,10-11H2,1-3H3,(H,21,24)(H,25,26). The lowest BCUT2D eigenvalue weighted by atomic mass is 10.0. The molecule has 0 saturated heterocycles. The lowest BCUT2D eigenvalue weighted by Gasteiger charge is -2.07. The number of aromatic amines is 1. The van der Waals surface area contributed by atoms with Crippen molar-refractivity contribution in [2.24, 2.45) is 0 Å². The molecule has 0 aliphatic rings. The first-order chi connectivity index (χ1) is 12.3. The smallest absolute Gasteiger partial charge is 0.335 e. The van der Waals surface area contributed by atoms with Crippen molar-refractivity contribution in [1.29, 1.82) is 0 Å². The maximum absolute atomic E-state index is 12.5. The molecule has 1 aromatic heterocycles. The first-order valence-corrected chi connectivity index (χ1v) is 8.68. The normalized spacial score (nSPS) is 10.6. The summed E-state index contributed by atoms with van der Waals surface area (Å²) < 4.78 is 0. The molecule has 0 bridgehead atoms. The number of ketones is 1. The number of carboxylic acids is 1. The number of amides is 1. The number of carboxylic acid groups (broad SMARTS) is 1. The average Bonchev–Trinajstić information content (AvgIpc) is 2.92. The van der Waals surface area contributed by atoms with Gasteiger partial charge in [-0.25, -0.2) is 4.79 Å². The number of aryl methyl sites for hydroxylation is 1. The van der Waals surface area contributed by atoms with Crippen molar-refractivity contribution in [3.05, 3.63) is 57.9 Å². The second kappa shape index (κ2) is 8.47. The lowest BCUT2D eigenvalue weighted by molar-refractivity contribution is 0.0696. The Morgan fingerprint density at radius 1 is 1.12 bits per heavy atom. The molecule has 1 amide bonds. The van der Waals surface area contributed by atoms with Crippen LogP contribution in [0.5, 0.6) is 0 Å². The third kappa shape index (κ3) is 4.39. The molecule has 1 heterocycles. The monoisotopic (exact) mass is 356 g/mol. The quantitative estimate of drug-likeness (QED) is 0.633. The molecule has 2 aromatic rings. The SMILES string of the molecule is CCCc1c(C(=O)NCCc2ccc(C(=O)O)cc2)[nH]c(C)c1C(C)=O. The van der Waals surface area contributed by atoms with Crippen LogP contribution < -0.4 is 5.32 Å². The highest BCUT2D eigenvalue weighted by Gasteiger charge is 2.21. The largest absolute Gasteiger partial charge is 0.478 e. The summed E-state index contributed by atoms with van der Waals surface area (Å²) in [5.41, 5.74) is 3.74. The zero-order valence-electron chi connectivity index (χ0n) is 15.3. The summed E-state index contributed by atoms with van der Waals surface area (Å²) in [7, 11) is 0. The maximum Gasteiger partial charge on any atom is 0.335 e. The van der Waals surface area contributed by atoms with Crippen molar-refractivity contribution in [3.63, 3.8) is 0 Å². The van der Waals surface area contributed by atoms with Crippen molar-refractivity contribution in [3.8, 4) is 0 Å². The van der Waals surface area contributed by atoms with E-state index in [-0.39, 0.29) is 17.3 Å². The van der Waals surface area contributed by atoms with Crippen molar-refractivity contribution in [1.82, 2.24) is 10.3 Å². The molecule has 0 saturated carbocycles. The van der Waals surface area contributed by atoms with E-state index in [2.05, 4.69) is 10.3 Å². The predicted molar refractivity (Wildman–Crippen MR) is 99.0 cm³/mol. The number of carbonyl (C=O) groups excluding carboxylic acids is 2. The summed E-state index contributed by atoms with van der Waals surface area (Å²) in [5, 5.41) is 11.8. The van der Waals surface area contributed by atoms with E-state index in [4.69, 9.17) is 5.11 Å².